The number of amides is 3. The lowest BCUT2D eigenvalue weighted by atomic mass is 9.86. The van der Waals surface area contributed by atoms with Gasteiger partial charge in [-0.25, -0.2) is 9.59 Å². The van der Waals surface area contributed by atoms with Crippen LogP contribution < -0.4 is 9.64 Å². The van der Waals surface area contributed by atoms with E-state index >= 15 is 0 Å². The van der Waals surface area contributed by atoms with E-state index in [1.54, 1.807) is 9.80 Å². The second-order valence-electron chi connectivity index (χ2n) is 14.0. The Morgan fingerprint density at radius 3 is 2.41 bits per heavy atom. The van der Waals surface area contributed by atoms with Crippen LogP contribution in [0.25, 0.3) is 0 Å². The van der Waals surface area contributed by atoms with E-state index in [0.29, 0.717) is 26.2 Å². The SMILES string of the molecule is Cc1cc(N(C)C(=O)C2CCC(Oc3cccc(CN4CCOC4=O)c3)CC2)ccc1CN1CCN(C(=O)OC(C)(C)C)[C@@H](C)C1. The van der Waals surface area contributed by atoms with Crippen LogP contribution in [0.3, 0.4) is 0 Å². The van der Waals surface area contributed by atoms with Crippen LogP contribution in [0.2, 0.25) is 0 Å². The molecule has 250 valence electrons. The third-order valence-electron chi connectivity index (χ3n) is 9.22. The van der Waals surface area contributed by atoms with Crippen molar-refractivity contribution in [1.29, 1.82) is 0 Å². The summed E-state index contributed by atoms with van der Waals surface area (Å²) in [5.74, 6) is 0.921. The van der Waals surface area contributed by atoms with Gasteiger partial charge in [-0.3, -0.25) is 9.69 Å². The Morgan fingerprint density at radius 2 is 1.76 bits per heavy atom. The highest BCUT2D eigenvalue weighted by Gasteiger charge is 2.32. The fourth-order valence-corrected chi connectivity index (χ4v) is 6.60. The van der Waals surface area contributed by atoms with Crippen LogP contribution in [-0.2, 0) is 27.4 Å². The van der Waals surface area contributed by atoms with Gasteiger partial charge in [0.25, 0.3) is 0 Å². The summed E-state index contributed by atoms with van der Waals surface area (Å²) in [7, 11) is 1.87. The van der Waals surface area contributed by atoms with Crippen molar-refractivity contribution in [3.05, 3.63) is 59.2 Å². The van der Waals surface area contributed by atoms with Crippen molar-refractivity contribution >= 4 is 23.8 Å². The molecule has 46 heavy (non-hydrogen) atoms. The highest BCUT2D eigenvalue weighted by atomic mass is 16.6. The number of hydrogen-bond donors (Lipinski definition) is 0. The summed E-state index contributed by atoms with van der Waals surface area (Å²) in [6, 6.07) is 14.2. The number of piperazine rings is 1. The van der Waals surface area contributed by atoms with Gasteiger partial charge in [0.05, 0.1) is 12.6 Å². The Bertz CT molecular complexity index is 1400. The van der Waals surface area contributed by atoms with E-state index in [1.807, 2.05) is 63.1 Å². The largest absolute Gasteiger partial charge is 0.490 e. The zero-order chi connectivity index (χ0) is 33.0. The number of nitrogens with zero attached hydrogens (tertiary/aromatic N) is 4. The fourth-order valence-electron chi connectivity index (χ4n) is 6.60. The summed E-state index contributed by atoms with van der Waals surface area (Å²) < 4.78 is 16.9. The monoisotopic (exact) mass is 634 g/mol. The molecule has 0 N–H and O–H groups in total. The first kappa shape index (κ1) is 33.6. The van der Waals surface area contributed by atoms with Crippen molar-refractivity contribution in [3.63, 3.8) is 0 Å². The number of aryl methyl sites for hydroxylation is 1. The Morgan fingerprint density at radius 1 is 1.00 bits per heavy atom. The van der Waals surface area contributed by atoms with Crippen LogP contribution >= 0.6 is 0 Å². The first-order valence-electron chi connectivity index (χ1n) is 16.6. The molecule has 0 aromatic heterocycles. The van der Waals surface area contributed by atoms with Gasteiger partial charge in [0.15, 0.2) is 0 Å². The van der Waals surface area contributed by atoms with E-state index in [2.05, 4.69) is 30.9 Å². The van der Waals surface area contributed by atoms with Crippen LogP contribution in [0, 0.1) is 12.8 Å². The van der Waals surface area contributed by atoms with Crippen LogP contribution in [-0.4, -0.2) is 90.4 Å². The standard InChI is InChI=1S/C36H50N4O6/c1-25-20-30(13-10-29(25)24-38-16-17-40(26(2)22-38)35(43)46-36(3,4)5)37(6)33(41)28-11-14-31(15-12-28)45-32-9-7-8-27(21-32)23-39-18-19-44-34(39)42/h7-10,13,20-21,26,28,31H,11-12,14-19,22-24H2,1-6H3/t26-,28?,31?/m0/s1. The molecule has 3 fully saturated rings. The maximum atomic E-state index is 13.5. The van der Waals surface area contributed by atoms with Crippen LogP contribution in [0.15, 0.2) is 42.5 Å². The average Bonchev–Trinajstić information content (AvgIpc) is 3.41. The molecular formula is C36H50N4O6. The summed E-state index contributed by atoms with van der Waals surface area (Å²) in [6.45, 7) is 14.4. The lowest BCUT2D eigenvalue weighted by Gasteiger charge is -2.40. The smallest absolute Gasteiger partial charge is 0.410 e. The average molecular weight is 635 g/mol. The first-order chi connectivity index (χ1) is 21.9. The zero-order valence-corrected chi connectivity index (χ0v) is 28.3. The molecule has 0 spiro atoms. The summed E-state index contributed by atoms with van der Waals surface area (Å²) in [5.41, 5.74) is 3.80. The number of ether oxygens (including phenoxy) is 3. The second kappa shape index (κ2) is 14.3. The van der Waals surface area contributed by atoms with Crippen molar-refractivity contribution in [3.8, 4) is 5.75 Å². The predicted octanol–water partition coefficient (Wildman–Crippen LogP) is 5.99. The van der Waals surface area contributed by atoms with Gasteiger partial charge in [-0.2, -0.15) is 0 Å². The van der Waals surface area contributed by atoms with E-state index in [4.69, 9.17) is 14.2 Å². The van der Waals surface area contributed by atoms with Gasteiger partial charge in [0.2, 0.25) is 5.91 Å². The number of cyclic esters (lactones) is 1. The number of carbonyl (C=O) groups excluding carboxylic acids is 3. The number of anilines is 1. The molecule has 0 bridgehead atoms. The third kappa shape index (κ3) is 8.51. The number of hydrogen-bond acceptors (Lipinski definition) is 7. The lowest BCUT2D eigenvalue weighted by Crippen LogP contribution is -2.54. The highest BCUT2D eigenvalue weighted by Crippen LogP contribution is 2.31. The fraction of sp³-hybridized carbons (Fsp3) is 0.583. The van der Waals surface area contributed by atoms with Crippen LogP contribution in [0.5, 0.6) is 5.75 Å². The summed E-state index contributed by atoms with van der Waals surface area (Å²) >= 11 is 0. The molecule has 1 atom stereocenters. The molecule has 5 rings (SSSR count). The Hall–Kier alpha value is -3.79. The van der Waals surface area contributed by atoms with E-state index in [9.17, 15) is 14.4 Å². The molecule has 10 heteroatoms. The Balaban J connectivity index is 1.09. The maximum absolute atomic E-state index is 13.5. The quantitative estimate of drug-likeness (QED) is 0.352. The molecule has 0 radical (unpaired) electrons. The molecule has 3 aliphatic rings. The molecule has 2 aromatic rings. The van der Waals surface area contributed by atoms with Gasteiger partial charge >= 0.3 is 12.2 Å². The zero-order valence-electron chi connectivity index (χ0n) is 28.3. The van der Waals surface area contributed by atoms with E-state index < -0.39 is 5.60 Å². The maximum Gasteiger partial charge on any atom is 0.410 e. The molecule has 10 nitrogen and oxygen atoms in total. The molecule has 2 heterocycles. The Kier molecular flexibility index (Phi) is 10.5. The van der Waals surface area contributed by atoms with Crippen molar-refractivity contribution in [2.45, 2.75) is 91.1 Å². The molecule has 2 saturated heterocycles. The van der Waals surface area contributed by atoms with Crippen molar-refractivity contribution in [1.82, 2.24) is 14.7 Å². The molecule has 0 unspecified atom stereocenters. The predicted molar refractivity (Wildman–Crippen MR) is 177 cm³/mol. The molecule has 2 aromatic carbocycles. The van der Waals surface area contributed by atoms with Crippen molar-refractivity contribution in [2.75, 3.05) is 44.7 Å². The van der Waals surface area contributed by atoms with Crippen LogP contribution in [0.4, 0.5) is 15.3 Å². The normalized spacial score (nSPS) is 22.4. The van der Waals surface area contributed by atoms with Gasteiger partial charge in [-0.05, 0) is 101 Å². The molecule has 1 aliphatic carbocycles. The second-order valence-corrected chi connectivity index (χ2v) is 14.0. The molecule has 1 saturated carbocycles. The van der Waals surface area contributed by atoms with Gasteiger partial charge in [0.1, 0.15) is 18.0 Å². The minimum atomic E-state index is -0.503. The summed E-state index contributed by atoms with van der Waals surface area (Å²) in [6.07, 6.45) is 2.77. The highest BCUT2D eigenvalue weighted by molar-refractivity contribution is 5.94. The number of rotatable bonds is 8. The first-order valence-corrected chi connectivity index (χ1v) is 16.6. The minimum absolute atomic E-state index is 0.0277. The van der Waals surface area contributed by atoms with Crippen molar-refractivity contribution < 1.29 is 28.6 Å². The minimum Gasteiger partial charge on any atom is -0.490 e. The third-order valence-corrected chi connectivity index (χ3v) is 9.22. The van der Waals surface area contributed by atoms with Gasteiger partial charge in [0, 0.05) is 57.4 Å². The van der Waals surface area contributed by atoms with Gasteiger partial charge in [-0.15, -0.1) is 0 Å². The van der Waals surface area contributed by atoms with Gasteiger partial charge < -0.3 is 28.9 Å². The van der Waals surface area contributed by atoms with E-state index in [1.165, 1.54) is 5.56 Å². The molecule has 2 aliphatic heterocycles. The van der Waals surface area contributed by atoms with Gasteiger partial charge in [-0.1, -0.05) is 18.2 Å². The lowest BCUT2D eigenvalue weighted by molar-refractivity contribution is -0.123. The van der Waals surface area contributed by atoms with Crippen molar-refractivity contribution in [2.24, 2.45) is 5.92 Å². The van der Waals surface area contributed by atoms with E-state index in [-0.39, 0.29) is 36.2 Å². The summed E-state index contributed by atoms with van der Waals surface area (Å²) in [4.78, 5) is 45.6. The Labute approximate surface area is 273 Å². The number of benzene rings is 2. The molecule has 3 amide bonds. The van der Waals surface area contributed by atoms with Crippen LogP contribution in [0.1, 0.15) is 70.1 Å². The number of carbonyl (C=O) groups is 3. The summed E-state index contributed by atoms with van der Waals surface area (Å²) in [5, 5.41) is 0. The van der Waals surface area contributed by atoms with E-state index in [0.717, 1.165) is 67.9 Å². The molecular weight excluding hydrogens is 584 g/mol. The topological polar surface area (TPSA) is 91.9 Å².